The fraction of sp³-hybridized carbons (Fsp3) is 0.615. The Bertz CT molecular complexity index is 352. The molecule has 0 radical (unpaired) electrons. The zero-order chi connectivity index (χ0) is 11.5. The average Bonchev–Trinajstić information content (AvgIpc) is 2.64. The maximum atomic E-state index is 9.46. The first-order valence-corrected chi connectivity index (χ1v) is 6.01. The number of likely N-dealkylation sites (tertiary alicyclic amines) is 1. The van der Waals surface area contributed by atoms with Crippen molar-refractivity contribution in [3.8, 4) is 0 Å². The Balaban J connectivity index is 2.01. The monoisotopic (exact) mass is 220 g/mol. The number of β-amino-alcohol motifs (C(OH)–C–C–N with tert-alkyl or cyclic N) is 1. The first-order chi connectivity index (χ1) is 7.65. The highest BCUT2D eigenvalue weighted by atomic mass is 16.3. The van der Waals surface area contributed by atoms with Gasteiger partial charge >= 0.3 is 0 Å². The number of aliphatic hydroxyl groups is 1. The highest BCUT2D eigenvalue weighted by Crippen LogP contribution is 2.15. The van der Waals surface area contributed by atoms with Gasteiger partial charge in [-0.15, -0.1) is 0 Å². The van der Waals surface area contributed by atoms with E-state index in [1.54, 1.807) is 0 Å². The summed E-state index contributed by atoms with van der Waals surface area (Å²) in [6, 6.07) is 6.22. The van der Waals surface area contributed by atoms with Crippen LogP contribution in [0, 0.1) is 0 Å². The van der Waals surface area contributed by atoms with Crippen molar-refractivity contribution in [1.82, 2.24) is 9.88 Å². The lowest BCUT2D eigenvalue weighted by Crippen LogP contribution is -2.22. The number of pyridine rings is 1. The van der Waals surface area contributed by atoms with Crippen LogP contribution in [0.15, 0.2) is 18.2 Å². The van der Waals surface area contributed by atoms with Gasteiger partial charge in [0.15, 0.2) is 0 Å². The van der Waals surface area contributed by atoms with Crippen LogP contribution < -0.4 is 0 Å². The number of rotatable bonds is 3. The minimum Gasteiger partial charge on any atom is -0.392 e. The van der Waals surface area contributed by atoms with Gasteiger partial charge in [-0.1, -0.05) is 19.9 Å². The third kappa shape index (κ3) is 2.80. The standard InChI is InChI=1S/C13H20N2O/c1-10(2)13-5-3-4-11(14-13)8-15-7-6-12(16)9-15/h3-5,10,12,16H,6-9H2,1-2H3/t12-/m0/s1. The lowest BCUT2D eigenvalue weighted by molar-refractivity contribution is 0.174. The van der Waals surface area contributed by atoms with Gasteiger partial charge < -0.3 is 5.11 Å². The molecule has 2 heterocycles. The van der Waals surface area contributed by atoms with Crippen molar-refractivity contribution in [1.29, 1.82) is 0 Å². The highest BCUT2D eigenvalue weighted by Gasteiger charge is 2.20. The normalized spacial score (nSPS) is 21.9. The Hall–Kier alpha value is -0.930. The topological polar surface area (TPSA) is 36.4 Å². The average molecular weight is 220 g/mol. The molecule has 0 amide bonds. The van der Waals surface area contributed by atoms with Crippen molar-refractivity contribution >= 4 is 0 Å². The van der Waals surface area contributed by atoms with Crippen LogP contribution in [0.4, 0.5) is 0 Å². The molecule has 3 nitrogen and oxygen atoms in total. The summed E-state index contributed by atoms with van der Waals surface area (Å²) in [7, 11) is 0. The molecule has 0 bridgehead atoms. The summed E-state index contributed by atoms with van der Waals surface area (Å²) in [6.07, 6.45) is 0.748. The Morgan fingerprint density at radius 3 is 2.94 bits per heavy atom. The maximum absolute atomic E-state index is 9.46. The molecule has 1 atom stereocenters. The van der Waals surface area contributed by atoms with Crippen molar-refractivity contribution in [2.24, 2.45) is 0 Å². The minimum atomic E-state index is -0.145. The second kappa shape index (κ2) is 4.93. The van der Waals surface area contributed by atoms with Crippen LogP contribution in [-0.4, -0.2) is 34.2 Å². The molecule has 1 aromatic rings. The van der Waals surface area contributed by atoms with E-state index in [-0.39, 0.29) is 6.10 Å². The predicted molar refractivity (Wildman–Crippen MR) is 64.2 cm³/mol. The molecule has 1 saturated heterocycles. The first kappa shape index (κ1) is 11.6. The molecule has 1 aliphatic heterocycles. The van der Waals surface area contributed by atoms with Crippen LogP contribution in [0.1, 0.15) is 37.6 Å². The van der Waals surface area contributed by atoms with Crippen LogP contribution in [0.3, 0.4) is 0 Å². The SMILES string of the molecule is CC(C)c1cccc(CN2CC[C@H](O)C2)n1. The Labute approximate surface area is 97.1 Å². The summed E-state index contributed by atoms with van der Waals surface area (Å²) in [5, 5.41) is 9.46. The van der Waals surface area contributed by atoms with Crippen LogP contribution in [0.25, 0.3) is 0 Å². The van der Waals surface area contributed by atoms with E-state index in [1.165, 1.54) is 0 Å². The number of aromatic nitrogens is 1. The third-order valence-electron chi connectivity index (χ3n) is 3.05. The molecule has 1 fully saturated rings. The molecule has 0 unspecified atom stereocenters. The molecule has 1 N–H and O–H groups in total. The highest BCUT2D eigenvalue weighted by molar-refractivity contribution is 5.14. The molecule has 1 aliphatic rings. The lowest BCUT2D eigenvalue weighted by Gasteiger charge is -2.15. The van der Waals surface area contributed by atoms with E-state index in [0.29, 0.717) is 5.92 Å². The summed E-state index contributed by atoms with van der Waals surface area (Å²) in [5.74, 6) is 0.476. The van der Waals surface area contributed by atoms with Crippen LogP contribution in [-0.2, 0) is 6.54 Å². The van der Waals surface area contributed by atoms with Gasteiger partial charge in [0.2, 0.25) is 0 Å². The molecule has 2 rings (SSSR count). The van der Waals surface area contributed by atoms with E-state index in [1.807, 2.05) is 0 Å². The Morgan fingerprint density at radius 1 is 1.50 bits per heavy atom. The predicted octanol–water partition coefficient (Wildman–Crippen LogP) is 1.77. The van der Waals surface area contributed by atoms with E-state index < -0.39 is 0 Å². The van der Waals surface area contributed by atoms with Crippen molar-refractivity contribution < 1.29 is 5.11 Å². The summed E-state index contributed by atoms with van der Waals surface area (Å²) in [5.41, 5.74) is 2.26. The van der Waals surface area contributed by atoms with Crippen molar-refractivity contribution in [3.63, 3.8) is 0 Å². The largest absolute Gasteiger partial charge is 0.392 e. The van der Waals surface area contributed by atoms with E-state index in [4.69, 9.17) is 0 Å². The zero-order valence-electron chi connectivity index (χ0n) is 10.1. The smallest absolute Gasteiger partial charge is 0.0679 e. The molecule has 3 heteroatoms. The lowest BCUT2D eigenvalue weighted by atomic mass is 10.1. The van der Waals surface area contributed by atoms with Gasteiger partial charge in [-0.3, -0.25) is 9.88 Å². The molecular weight excluding hydrogens is 200 g/mol. The number of hydrogen-bond acceptors (Lipinski definition) is 3. The molecular formula is C13H20N2O. The van der Waals surface area contributed by atoms with Gasteiger partial charge in [0.25, 0.3) is 0 Å². The fourth-order valence-electron chi connectivity index (χ4n) is 2.09. The zero-order valence-corrected chi connectivity index (χ0v) is 10.1. The molecule has 16 heavy (non-hydrogen) atoms. The van der Waals surface area contributed by atoms with Crippen molar-refractivity contribution in [2.45, 2.75) is 38.8 Å². The molecule has 88 valence electrons. The molecule has 0 spiro atoms. The van der Waals surface area contributed by atoms with Gasteiger partial charge in [-0.25, -0.2) is 0 Å². The first-order valence-electron chi connectivity index (χ1n) is 6.01. The molecule has 1 aromatic heterocycles. The van der Waals surface area contributed by atoms with Gasteiger partial charge in [-0.05, 0) is 24.5 Å². The van der Waals surface area contributed by atoms with Gasteiger partial charge in [0, 0.05) is 25.3 Å². The fourth-order valence-corrected chi connectivity index (χ4v) is 2.09. The van der Waals surface area contributed by atoms with E-state index in [2.05, 4.69) is 41.9 Å². The van der Waals surface area contributed by atoms with E-state index in [9.17, 15) is 5.11 Å². The molecule has 0 saturated carbocycles. The van der Waals surface area contributed by atoms with Crippen LogP contribution in [0.2, 0.25) is 0 Å². The Kier molecular flexibility index (Phi) is 3.56. The number of nitrogens with zero attached hydrogens (tertiary/aromatic N) is 2. The van der Waals surface area contributed by atoms with Crippen LogP contribution >= 0.6 is 0 Å². The van der Waals surface area contributed by atoms with Crippen molar-refractivity contribution in [2.75, 3.05) is 13.1 Å². The van der Waals surface area contributed by atoms with Gasteiger partial charge in [0.05, 0.1) is 11.8 Å². The third-order valence-corrected chi connectivity index (χ3v) is 3.05. The molecule has 0 aromatic carbocycles. The Morgan fingerprint density at radius 2 is 2.31 bits per heavy atom. The van der Waals surface area contributed by atoms with E-state index >= 15 is 0 Å². The summed E-state index contributed by atoms with van der Waals surface area (Å²) in [6.45, 7) is 6.94. The minimum absolute atomic E-state index is 0.145. The second-order valence-electron chi connectivity index (χ2n) is 4.89. The number of aliphatic hydroxyl groups excluding tert-OH is 1. The summed E-state index contributed by atoms with van der Waals surface area (Å²) in [4.78, 5) is 6.90. The second-order valence-corrected chi connectivity index (χ2v) is 4.89. The van der Waals surface area contributed by atoms with Gasteiger partial charge in [-0.2, -0.15) is 0 Å². The summed E-state index contributed by atoms with van der Waals surface area (Å²) < 4.78 is 0. The number of hydrogen-bond donors (Lipinski definition) is 1. The maximum Gasteiger partial charge on any atom is 0.0679 e. The van der Waals surface area contributed by atoms with Gasteiger partial charge in [0.1, 0.15) is 0 Å². The van der Waals surface area contributed by atoms with E-state index in [0.717, 1.165) is 37.4 Å². The van der Waals surface area contributed by atoms with Crippen molar-refractivity contribution in [3.05, 3.63) is 29.6 Å². The quantitative estimate of drug-likeness (QED) is 0.843. The summed E-state index contributed by atoms with van der Waals surface area (Å²) >= 11 is 0. The van der Waals surface area contributed by atoms with Crippen LogP contribution in [0.5, 0.6) is 0 Å². The molecule has 0 aliphatic carbocycles.